The summed E-state index contributed by atoms with van der Waals surface area (Å²) in [5.74, 6) is 1.92. The molecule has 0 atom stereocenters. The van der Waals surface area contributed by atoms with Gasteiger partial charge in [0, 0.05) is 16.2 Å². The standard InChI is InChI=1S/C20H20OS/c1-20(2)14-18(22-15-16-9-5-3-6-10-16)13-19(21-20)17-11-7-4-8-12-17/h3-14H,15H2,1-2H3. The predicted octanol–water partition coefficient (Wildman–Crippen LogP) is 5.65. The van der Waals surface area contributed by atoms with Gasteiger partial charge in [-0.15, -0.1) is 11.8 Å². The second-order valence-electron chi connectivity index (χ2n) is 5.90. The summed E-state index contributed by atoms with van der Waals surface area (Å²) in [7, 11) is 0. The number of rotatable bonds is 4. The van der Waals surface area contributed by atoms with Crippen LogP contribution in [0.25, 0.3) is 5.76 Å². The third-order valence-corrected chi connectivity index (χ3v) is 4.49. The molecule has 3 rings (SSSR count). The molecule has 0 unspecified atom stereocenters. The van der Waals surface area contributed by atoms with E-state index in [0.717, 1.165) is 17.1 Å². The summed E-state index contributed by atoms with van der Waals surface area (Å²) in [5.41, 5.74) is 2.19. The van der Waals surface area contributed by atoms with E-state index in [1.807, 2.05) is 30.0 Å². The van der Waals surface area contributed by atoms with E-state index >= 15 is 0 Å². The van der Waals surface area contributed by atoms with Gasteiger partial charge in [0.2, 0.25) is 0 Å². The van der Waals surface area contributed by atoms with Crippen molar-refractivity contribution < 1.29 is 4.74 Å². The van der Waals surface area contributed by atoms with Crippen molar-refractivity contribution >= 4 is 17.5 Å². The van der Waals surface area contributed by atoms with Gasteiger partial charge in [-0.1, -0.05) is 60.7 Å². The molecule has 1 aliphatic rings. The molecule has 0 amide bonds. The summed E-state index contributed by atoms with van der Waals surface area (Å²) in [6.07, 6.45) is 4.35. The van der Waals surface area contributed by atoms with E-state index in [1.54, 1.807) is 0 Å². The number of thioether (sulfide) groups is 1. The Morgan fingerprint density at radius 1 is 0.909 bits per heavy atom. The summed E-state index contributed by atoms with van der Waals surface area (Å²) >= 11 is 1.86. The van der Waals surface area contributed by atoms with Crippen molar-refractivity contribution in [3.63, 3.8) is 0 Å². The minimum absolute atomic E-state index is 0.279. The maximum Gasteiger partial charge on any atom is 0.128 e. The van der Waals surface area contributed by atoms with Crippen molar-refractivity contribution in [1.82, 2.24) is 0 Å². The predicted molar refractivity (Wildman–Crippen MR) is 95.4 cm³/mol. The summed E-state index contributed by atoms with van der Waals surface area (Å²) in [6, 6.07) is 20.9. The molecule has 112 valence electrons. The average molecular weight is 308 g/mol. The first-order valence-corrected chi connectivity index (χ1v) is 8.47. The van der Waals surface area contributed by atoms with Gasteiger partial charge >= 0.3 is 0 Å². The van der Waals surface area contributed by atoms with Crippen molar-refractivity contribution in [3.8, 4) is 0 Å². The fourth-order valence-corrected chi connectivity index (χ4v) is 3.51. The molecule has 2 heteroatoms. The van der Waals surface area contributed by atoms with Crippen LogP contribution >= 0.6 is 11.8 Å². The molecule has 0 fully saturated rings. The lowest BCUT2D eigenvalue weighted by atomic mass is 10.0. The minimum atomic E-state index is -0.279. The molecule has 0 spiro atoms. The third kappa shape index (κ3) is 3.83. The smallest absolute Gasteiger partial charge is 0.128 e. The first-order valence-electron chi connectivity index (χ1n) is 7.48. The molecule has 22 heavy (non-hydrogen) atoms. The van der Waals surface area contributed by atoms with Crippen LogP contribution < -0.4 is 0 Å². The second-order valence-corrected chi connectivity index (χ2v) is 6.95. The molecular formula is C20H20OS. The Balaban J connectivity index is 1.80. The van der Waals surface area contributed by atoms with Crippen molar-refractivity contribution in [2.24, 2.45) is 0 Å². The van der Waals surface area contributed by atoms with Gasteiger partial charge in [0.05, 0.1) is 0 Å². The largest absolute Gasteiger partial charge is 0.483 e. The van der Waals surface area contributed by atoms with Crippen LogP contribution in [0.5, 0.6) is 0 Å². The van der Waals surface area contributed by atoms with Gasteiger partial charge in [0.25, 0.3) is 0 Å². The average Bonchev–Trinajstić information content (AvgIpc) is 2.53. The molecule has 0 saturated heterocycles. The first kappa shape index (κ1) is 15.0. The first-order chi connectivity index (χ1) is 10.6. The number of benzene rings is 2. The molecule has 2 aromatic carbocycles. The van der Waals surface area contributed by atoms with E-state index in [0.29, 0.717) is 0 Å². The normalized spacial score (nSPS) is 16.5. The van der Waals surface area contributed by atoms with E-state index in [1.165, 1.54) is 10.5 Å². The van der Waals surface area contributed by atoms with Crippen LogP contribution in [0.1, 0.15) is 25.0 Å². The quantitative estimate of drug-likeness (QED) is 0.721. The van der Waals surface area contributed by atoms with E-state index in [-0.39, 0.29) is 5.60 Å². The van der Waals surface area contributed by atoms with Crippen LogP contribution in [0.4, 0.5) is 0 Å². The molecule has 1 heterocycles. The topological polar surface area (TPSA) is 9.23 Å². The number of allylic oxidation sites excluding steroid dienone is 1. The molecule has 0 bridgehead atoms. The fraction of sp³-hybridized carbons (Fsp3) is 0.200. The zero-order valence-electron chi connectivity index (χ0n) is 13.0. The molecule has 0 aromatic heterocycles. The number of hydrogen-bond donors (Lipinski definition) is 0. The Morgan fingerprint density at radius 2 is 1.55 bits per heavy atom. The highest BCUT2D eigenvalue weighted by Gasteiger charge is 2.24. The number of ether oxygens (including phenoxy) is 1. The summed E-state index contributed by atoms with van der Waals surface area (Å²) in [4.78, 5) is 1.26. The van der Waals surface area contributed by atoms with Crippen LogP contribution in [-0.4, -0.2) is 5.60 Å². The lowest BCUT2D eigenvalue weighted by Crippen LogP contribution is -2.23. The highest BCUT2D eigenvalue weighted by molar-refractivity contribution is 8.02. The van der Waals surface area contributed by atoms with E-state index in [9.17, 15) is 0 Å². The lowest BCUT2D eigenvalue weighted by Gasteiger charge is -2.29. The molecule has 0 aliphatic carbocycles. The zero-order chi connectivity index (χ0) is 15.4. The Bertz CT molecular complexity index is 684. The summed E-state index contributed by atoms with van der Waals surface area (Å²) in [5, 5.41) is 0. The van der Waals surface area contributed by atoms with Crippen LogP contribution in [0.15, 0.2) is 77.7 Å². The SMILES string of the molecule is CC1(C)C=C(SCc2ccccc2)C=C(c2ccccc2)O1. The van der Waals surface area contributed by atoms with Gasteiger partial charge in [-0.3, -0.25) is 0 Å². The van der Waals surface area contributed by atoms with Gasteiger partial charge < -0.3 is 4.74 Å². The Kier molecular flexibility index (Phi) is 4.39. The second kappa shape index (κ2) is 6.45. The van der Waals surface area contributed by atoms with Gasteiger partial charge in [-0.2, -0.15) is 0 Å². The van der Waals surface area contributed by atoms with Crippen LogP contribution in [0, 0.1) is 0 Å². The fourth-order valence-electron chi connectivity index (χ4n) is 2.42. The third-order valence-electron chi connectivity index (χ3n) is 3.44. The Labute approximate surface area is 136 Å². The van der Waals surface area contributed by atoms with Gasteiger partial charge in [0.15, 0.2) is 0 Å². The minimum Gasteiger partial charge on any atom is -0.483 e. The molecular weight excluding hydrogens is 288 g/mol. The number of hydrogen-bond acceptors (Lipinski definition) is 2. The highest BCUT2D eigenvalue weighted by atomic mass is 32.2. The Morgan fingerprint density at radius 3 is 2.23 bits per heavy atom. The van der Waals surface area contributed by atoms with Crippen molar-refractivity contribution in [2.45, 2.75) is 25.2 Å². The summed E-state index contributed by atoms with van der Waals surface area (Å²) in [6.45, 7) is 4.21. The zero-order valence-corrected chi connectivity index (χ0v) is 13.8. The van der Waals surface area contributed by atoms with Crippen molar-refractivity contribution in [2.75, 3.05) is 0 Å². The van der Waals surface area contributed by atoms with E-state index in [2.05, 4.69) is 68.5 Å². The summed E-state index contributed by atoms with van der Waals surface area (Å²) < 4.78 is 6.11. The van der Waals surface area contributed by atoms with Crippen molar-refractivity contribution in [1.29, 1.82) is 0 Å². The molecule has 1 aliphatic heterocycles. The molecule has 0 radical (unpaired) electrons. The van der Waals surface area contributed by atoms with Crippen LogP contribution in [-0.2, 0) is 10.5 Å². The highest BCUT2D eigenvalue weighted by Crippen LogP contribution is 2.36. The Hall–Kier alpha value is -1.93. The van der Waals surface area contributed by atoms with E-state index in [4.69, 9.17) is 4.74 Å². The molecule has 2 aromatic rings. The monoisotopic (exact) mass is 308 g/mol. The van der Waals surface area contributed by atoms with Gasteiger partial charge in [-0.25, -0.2) is 0 Å². The maximum absolute atomic E-state index is 6.11. The molecule has 0 saturated carbocycles. The lowest BCUT2D eigenvalue weighted by molar-refractivity contribution is 0.123. The van der Waals surface area contributed by atoms with Gasteiger partial charge in [-0.05, 0) is 31.6 Å². The molecule has 0 N–H and O–H groups in total. The van der Waals surface area contributed by atoms with E-state index < -0.39 is 0 Å². The van der Waals surface area contributed by atoms with Crippen LogP contribution in [0.3, 0.4) is 0 Å². The van der Waals surface area contributed by atoms with Crippen molar-refractivity contribution in [3.05, 3.63) is 88.8 Å². The molecule has 1 nitrogen and oxygen atoms in total. The van der Waals surface area contributed by atoms with Crippen LogP contribution in [0.2, 0.25) is 0 Å². The maximum atomic E-state index is 6.11. The van der Waals surface area contributed by atoms with Gasteiger partial charge in [0.1, 0.15) is 11.4 Å².